The molecule has 4 nitrogen and oxygen atoms in total. The first kappa shape index (κ1) is 21.5. The first-order valence-electron chi connectivity index (χ1n) is 10.3. The minimum Gasteiger partial charge on any atom is -0.415 e. The maximum Gasteiger partial charge on any atom is 0.227 e. The van der Waals surface area contributed by atoms with Gasteiger partial charge >= 0.3 is 0 Å². The van der Waals surface area contributed by atoms with Gasteiger partial charge in [-0.2, -0.15) is 0 Å². The minimum atomic E-state index is -1.87. The zero-order valence-electron chi connectivity index (χ0n) is 18.1. The summed E-state index contributed by atoms with van der Waals surface area (Å²) in [7, 11) is -1.87. The molecule has 154 valence electrons. The van der Waals surface area contributed by atoms with Crippen molar-refractivity contribution in [1.29, 1.82) is 0 Å². The SMILES string of the molecule is CC(C)(C)[Si](C)(C)OC[C@@H]1CCC(=O)N1c1ccc(C(=O)c2ccccc2)cc1. The van der Waals surface area contributed by atoms with Gasteiger partial charge < -0.3 is 9.33 Å². The van der Waals surface area contributed by atoms with Gasteiger partial charge in [-0.25, -0.2) is 0 Å². The van der Waals surface area contributed by atoms with E-state index in [1.54, 1.807) is 0 Å². The molecule has 0 bridgehead atoms. The molecule has 0 N–H and O–H groups in total. The fourth-order valence-electron chi connectivity index (χ4n) is 3.31. The van der Waals surface area contributed by atoms with E-state index in [9.17, 15) is 9.59 Å². The Morgan fingerprint density at radius 2 is 1.62 bits per heavy atom. The third-order valence-electron chi connectivity index (χ3n) is 6.21. The smallest absolute Gasteiger partial charge is 0.227 e. The van der Waals surface area contributed by atoms with Crippen LogP contribution >= 0.6 is 0 Å². The average Bonchev–Trinajstić information content (AvgIpc) is 3.06. The summed E-state index contributed by atoms with van der Waals surface area (Å²) in [5, 5.41) is 0.139. The van der Waals surface area contributed by atoms with Crippen LogP contribution in [0.4, 0.5) is 5.69 Å². The van der Waals surface area contributed by atoms with Crippen molar-refractivity contribution in [1.82, 2.24) is 0 Å². The summed E-state index contributed by atoms with van der Waals surface area (Å²) < 4.78 is 6.39. The molecule has 2 aromatic carbocycles. The van der Waals surface area contributed by atoms with Crippen LogP contribution in [-0.4, -0.2) is 32.7 Å². The van der Waals surface area contributed by atoms with Crippen molar-refractivity contribution in [2.75, 3.05) is 11.5 Å². The molecule has 1 atom stereocenters. The lowest BCUT2D eigenvalue weighted by Crippen LogP contribution is -2.45. The Labute approximate surface area is 175 Å². The summed E-state index contributed by atoms with van der Waals surface area (Å²) in [4.78, 5) is 27.0. The second-order valence-electron chi connectivity index (χ2n) is 9.27. The summed E-state index contributed by atoms with van der Waals surface area (Å²) in [6, 6.07) is 16.6. The Hall–Kier alpha value is -2.24. The fraction of sp³-hybridized carbons (Fsp3) is 0.417. The number of carbonyl (C=O) groups is 2. The predicted molar refractivity (Wildman–Crippen MR) is 120 cm³/mol. The third-order valence-corrected chi connectivity index (χ3v) is 10.7. The molecule has 1 heterocycles. The summed E-state index contributed by atoms with van der Waals surface area (Å²) in [5.74, 6) is 0.110. The Morgan fingerprint density at radius 3 is 2.21 bits per heavy atom. The number of benzene rings is 2. The number of hydrogen-bond acceptors (Lipinski definition) is 3. The molecule has 2 aromatic rings. The van der Waals surface area contributed by atoms with Crippen LogP contribution in [0.3, 0.4) is 0 Å². The molecule has 1 fully saturated rings. The van der Waals surface area contributed by atoms with E-state index >= 15 is 0 Å². The van der Waals surface area contributed by atoms with Crippen molar-refractivity contribution in [3.63, 3.8) is 0 Å². The molecular weight excluding hydrogens is 378 g/mol. The second-order valence-corrected chi connectivity index (χ2v) is 14.1. The van der Waals surface area contributed by atoms with Gasteiger partial charge in [-0.3, -0.25) is 9.59 Å². The van der Waals surface area contributed by atoms with Gasteiger partial charge in [-0.15, -0.1) is 0 Å². The highest BCUT2D eigenvalue weighted by Gasteiger charge is 2.40. The summed E-state index contributed by atoms with van der Waals surface area (Å²) in [5.41, 5.74) is 2.12. The van der Waals surface area contributed by atoms with E-state index in [1.807, 2.05) is 59.5 Å². The molecule has 1 saturated heterocycles. The van der Waals surface area contributed by atoms with Crippen molar-refractivity contribution in [3.05, 3.63) is 65.7 Å². The molecule has 3 rings (SSSR count). The van der Waals surface area contributed by atoms with Gasteiger partial charge in [0.05, 0.1) is 12.6 Å². The van der Waals surface area contributed by atoms with Crippen LogP contribution in [0.15, 0.2) is 54.6 Å². The zero-order chi connectivity index (χ0) is 21.2. The largest absolute Gasteiger partial charge is 0.415 e. The number of hydrogen-bond donors (Lipinski definition) is 0. The molecule has 29 heavy (non-hydrogen) atoms. The fourth-order valence-corrected chi connectivity index (χ4v) is 4.35. The highest BCUT2D eigenvalue weighted by molar-refractivity contribution is 6.74. The number of nitrogens with zero attached hydrogens (tertiary/aromatic N) is 1. The van der Waals surface area contributed by atoms with E-state index in [0.717, 1.165) is 12.1 Å². The van der Waals surface area contributed by atoms with Crippen LogP contribution in [-0.2, 0) is 9.22 Å². The molecule has 1 aliphatic heterocycles. The number of anilines is 1. The first-order valence-corrected chi connectivity index (χ1v) is 13.2. The van der Waals surface area contributed by atoms with Gasteiger partial charge in [0.1, 0.15) is 0 Å². The maximum atomic E-state index is 12.6. The van der Waals surface area contributed by atoms with E-state index in [-0.39, 0.29) is 22.8 Å². The van der Waals surface area contributed by atoms with Gasteiger partial charge in [0.2, 0.25) is 5.91 Å². The monoisotopic (exact) mass is 409 g/mol. The van der Waals surface area contributed by atoms with Crippen LogP contribution in [0.5, 0.6) is 0 Å². The molecule has 0 radical (unpaired) electrons. The van der Waals surface area contributed by atoms with Crippen molar-refractivity contribution in [2.45, 2.75) is 57.8 Å². The second kappa shape index (κ2) is 8.25. The topological polar surface area (TPSA) is 46.6 Å². The summed E-state index contributed by atoms with van der Waals surface area (Å²) >= 11 is 0. The Kier molecular flexibility index (Phi) is 6.10. The van der Waals surface area contributed by atoms with Crippen LogP contribution < -0.4 is 4.90 Å². The van der Waals surface area contributed by atoms with E-state index in [1.165, 1.54) is 0 Å². The Bertz CT molecular complexity index is 869. The highest BCUT2D eigenvalue weighted by Crippen LogP contribution is 2.37. The molecule has 0 saturated carbocycles. The lowest BCUT2D eigenvalue weighted by molar-refractivity contribution is -0.117. The van der Waals surface area contributed by atoms with Gasteiger partial charge in [0.15, 0.2) is 14.1 Å². The minimum absolute atomic E-state index is 0.0114. The molecule has 0 unspecified atom stereocenters. The maximum absolute atomic E-state index is 12.6. The van der Waals surface area contributed by atoms with Gasteiger partial charge in [-0.1, -0.05) is 51.1 Å². The lowest BCUT2D eigenvalue weighted by Gasteiger charge is -2.38. The van der Waals surface area contributed by atoms with Crippen LogP contribution in [0.1, 0.15) is 49.5 Å². The van der Waals surface area contributed by atoms with Crippen molar-refractivity contribution >= 4 is 25.7 Å². The quantitative estimate of drug-likeness (QED) is 0.472. The van der Waals surface area contributed by atoms with Crippen LogP contribution in [0, 0.1) is 0 Å². The highest BCUT2D eigenvalue weighted by atomic mass is 28.4. The standard InChI is InChI=1S/C24H31NO3Si/c1-24(2,3)29(4,5)28-17-21-15-16-22(26)25(21)20-13-11-19(12-14-20)23(27)18-9-7-6-8-10-18/h6-14,21H,15-17H2,1-5H3/t21-/m0/s1. The summed E-state index contributed by atoms with van der Waals surface area (Å²) in [6.07, 6.45) is 1.34. The van der Waals surface area contributed by atoms with Crippen molar-refractivity contribution in [2.24, 2.45) is 0 Å². The van der Waals surface area contributed by atoms with Crippen molar-refractivity contribution in [3.8, 4) is 0 Å². The molecule has 5 heteroatoms. The average molecular weight is 410 g/mol. The van der Waals surface area contributed by atoms with E-state index < -0.39 is 8.32 Å². The zero-order valence-corrected chi connectivity index (χ0v) is 19.1. The first-order chi connectivity index (χ1) is 13.6. The normalized spacial score (nSPS) is 17.6. The predicted octanol–water partition coefficient (Wildman–Crippen LogP) is 5.43. The van der Waals surface area contributed by atoms with Gasteiger partial charge in [-0.05, 0) is 48.8 Å². The Morgan fingerprint density at radius 1 is 1.03 bits per heavy atom. The van der Waals surface area contributed by atoms with Gasteiger partial charge in [0.25, 0.3) is 0 Å². The van der Waals surface area contributed by atoms with Gasteiger partial charge in [0, 0.05) is 23.2 Å². The molecular formula is C24H31NO3Si. The molecule has 1 aliphatic rings. The summed E-state index contributed by atoms with van der Waals surface area (Å²) in [6.45, 7) is 11.7. The van der Waals surface area contributed by atoms with E-state index in [0.29, 0.717) is 24.2 Å². The number of ketones is 1. The van der Waals surface area contributed by atoms with Crippen LogP contribution in [0.2, 0.25) is 18.1 Å². The molecule has 0 aliphatic carbocycles. The van der Waals surface area contributed by atoms with E-state index in [4.69, 9.17) is 4.43 Å². The number of carbonyl (C=O) groups excluding carboxylic acids is 2. The number of rotatable bonds is 6. The number of amides is 1. The molecule has 0 aromatic heterocycles. The van der Waals surface area contributed by atoms with E-state index in [2.05, 4.69) is 33.9 Å². The van der Waals surface area contributed by atoms with Crippen LogP contribution in [0.25, 0.3) is 0 Å². The Balaban J connectivity index is 1.74. The molecule has 0 spiro atoms. The lowest BCUT2D eigenvalue weighted by atomic mass is 10.0. The molecule has 1 amide bonds. The van der Waals surface area contributed by atoms with Crippen molar-refractivity contribution < 1.29 is 14.0 Å². The third kappa shape index (κ3) is 4.68.